The number of benzene rings is 2. The molecule has 2 amide bonds. The topological polar surface area (TPSA) is 58.6 Å². The van der Waals surface area contributed by atoms with Gasteiger partial charge in [-0.05, 0) is 42.0 Å². The molecule has 5 nitrogen and oxygen atoms in total. The molecule has 27 heavy (non-hydrogen) atoms. The van der Waals surface area contributed by atoms with Gasteiger partial charge in [0.15, 0.2) is 0 Å². The van der Waals surface area contributed by atoms with Crippen LogP contribution in [0.2, 0.25) is 0 Å². The third-order valence-corrected chi connectivity index (χ3v) is 4.59. The van der Waals surface area contributed by atoms with E-state index in [0.29, 0.717) is 19.6 Å². The Balaban J connectivity index is 1.61. The number of nitrogens with one attached hydrogen (secondary N) is 1. The van der Waals surface area contributed by atoms with Crippen LogP contribution in [0.3, 0.4) is 0 Å². The number of amides is 2. The fraction of sp³-hybridized carbons (Fsp3) is 0.364. The first-order valence-electron chi connectivity index (χ1n) is 9.44. The SMILES string of the molecule is CC(C)COC(=O)N1CCC[C@H]1C(=O)Nc1ccc(-c2ccccc2)cc1. The Morgan fingerprint density at radius 1 is 1.07 bits per heavy atom. The maximum absolute atomic E-state index is 12.7. The summed E-state index contributed by atoms with van der Waals surface area (Å²) in [6.07, 6.45) is 1.06. The van der Waals surface area contributed by atoms with Gasteiger partial charge in [0.05, 0.1) is 6.61 Å². The molecule has 3 rings (SSSR count). The van der Waals surface area contributed by atoms with Gasteiger partial charge in [-0.2, -0.15) is 0 Å². The lowest BCUT2D eigenvalue weighted by atomic mass is 10.1. The number of likely N-dealkylation sites (tertiary alicyclic amines) is 1. The largest absolute Gasteiger partial charge is 0.449 e. The highest BCUT2D eigenvalue weighted by Crippen LogP contribution is 2.23. The Kier molecular flexibility index (Phi) is 6.12. The molecular formula is C22H26N2O3. The molecule has 2 aromatic carbocycles. The molecule has 142 valence electrons. The third-order valence-electron chi connectivity index (χ3n) is 4.59. The van der Waals surface area contributed by atoms with Crippen LogP contribution in [0, 0.1) is 5.92 Å². The van der Waals surface area contributed by atoms with Gasteiger partial charge in [-0.25, -0.2) is 4.79 Å². The first-order chi connectivity index (χ1) is 13.0. The maximum Gasteiger partial charge on any atom is 0.410 e. The van der Waals surface area contributed by atoms with Crippen molar-refractivity contribution in [1.82, 2.24) is 4.90 Å². The molecule has 0 bridgehead atoms. The smallest absolute Gasteiger partial charge is 0.410 e. The highest BCUT2D eigenvalue weighted by Gasteiger charge is 2.35. The molecule has 0 radical (unpaired) electrons. The minimum atomic E-state index is -0.474. The molecule has 2 aromatic rings. The first kappa shape index (κ1) is 19.0. The molecule has 1 heterocycles. The van der Waals surface area contributed by atoms with E-state index in [1.165, 1.54) is 4.90 Å². The number of hydrogen-bond acceptors (Lipinski definition) is 3. The number of anilines is 1. The van der Waals surface area contributed by atoms with Gasteiger partial charge in [-0.3, -0.25) is 9.69 Å². The van der Waals surface area contributed by atoms with Crippen LogP contribution in [0.15, 0.2) is 54.6 Å². The molecule has 5 heteroatoms. The fourth-order valence-corrected chi connectivity index (χ4v) is 3.18. The summed E-state index contributed by atoms with van der Waals surface area (Å²) in [5, 5.41) is 2.92. The van der Waals surface area contributed by atoms with Crippen molar-refractivity contribution in [3.05, 3.63) is 54.6 Å². The highest BCUT2D eigenvalue weighted by atomic mass is 16.6. The van der Waals surface area contributed by atoms with Crippen molar-refractivity contribution in [3.8, 4) is 11.1 Å². The lowest BCUT2D eigenvalue weighted by Crippen LogP contribution is -2.43. The number of carbonyl (C=O) groups is 2. The van der Waals surface area contributed by atoms with Gasteiger partial charge in [0.25, 0.3) is 0 Å². The molecule has 0 aliphatic carbocycles. The molecule has 0 unspecified atom stereocenters. The molecule has 0 saturated carbocycles. The second-order valence-corrected chi connectivity index (χ2v) is 7.25. The van der Waals surface area contributed by atoms with Crippen LogP contribution < -0.4 is 5.32 Å². The summed E-state index contributed by atoms with van der Waals surface area (Å²) < 4.78 is 5.29. The number of ether oxygens (including phenoxy) is 1. The number of hydrogen-bond donors (Lipinski definition) is 1. The summed E-state index contributed by atoms with van der Waals surface area (Å²) in [6.45, 7) is 4.90. The summed E-state index contributed by atoms with van der Waals surface area (Å²) in [4.78, 5) is 26.4. The first-order valence-corrected chi connectivity index (χ1v) is 9.44. The van der Waals surface area contributed by atoms with Crippen LogP contribution in [0.5, 0.6) is 0 Å². The molecule has 1 aliphatic rings. The van der Waals surface area contributed by atoms with E-state index < -0.39 is 12.1 Å². The number of rotatable bonds is 5. The minimum absolute atomic E-state index is 0.165. The molecule has 0 spiro atoms. The third kappa shape index (κ3) is 4.88. The van der Waals surface area contributed by atoms with E-state index in [1.54, 1.807) is 0 Å². The van der Waals surface area contributed by atoms with Gasteiger partial charge in [-0.15, -0.1) is 0 Å². The Hall–Kier alpha value is -2.82. The Morgan fingerprint density at radius 2 is 1.74 bits per heavy atom. The predicted molar refractivity (Wildman–Crippen MR) is 106 cm³/mol. The number of carbonyl (C=O) groups excluding carboxylic acids is 2. The van der Waals surface area contributed by atoms with Gasteiger partial charge in [0, 0.05) is 12.2 Å². The quantitative estimate of drug-likeness (QED) is 0.844. The van der Waals surface area contributed by atoms with Crippen LogP contribution in [-0.2, 0) is 9.53 Å². The van der Waals surface area contributed by atoms with Crippen molar-refractivity contribution in [1.29, 1.82) is 0 Å². The average Bonchev–Trinajstić information content (AvgIpc) is 3.17. The predicted octanol–water partition coefficient (Wildman–Crippen LogP) is 4.55. The maximum atomic E-state index is 12.7. The van der Waals surface area contributed by atoms with Crippen molar-refractivity contribution >= 4 is 17.7 Å². The Morgan fingerprint density at radius 3 is 2.41 bits per heavy atom. The van der Waals surface area contributed by atoms with Crippen LogP contribution in [0.25, 0.3) is 11.1 Å². The van der Waals surface area contributed by atoms with Gasteiger partial charge >= 0.3 is 6.09 Å². The monoisotopic (exact) mass is 366 g/mol. The fourth-order valence-electron chi connectivity index (χ4n) is 3.18. The normalized spacial score (nSPS) is 16.4. The van der Waals surface area contributed by atoms with E-state index in [-0.39, 0.29) is 11.8 Å². The standard InChI is InChI=1S/C22H26N2O3/c1-16(2)15-27-22(26)24-14-6-9-20(24)21(25)23-19-12-10-18(11-13-19)17-7-4-3-5-8-17/h3-5,7-8,10-13,16,20H,6,9,14-15H2,1-2H3,(H,23,25)/t20-/m0/s1. The summed E-state index contributed by atoms with van der Waals surface area (Å²) in [6, 6.07) is 17.3. The van der Waals surface area contributed by atoms with E-state index >= 15 is 0 Å². The summed E-state index contributed by atoms with van der Waals surface area (Å²) in [5.74, 6) is 0.105. The average molecular weight is 366 g/mol. The van der Waals surface area contributed by atoms with Crippen LogP contribution in [0.4, 0.5) is 10.5 Å². The van der Waals surface area contributed by atoms with Gasteiger partial charge in [-0.1, -0.05) is 56.3 Å². The Labute approximate surface area is 160 Å². The molecule has 1 N–H and O–H groups in total. The molecule has 0 aromatic heterocycles. The molecule has 1 fully saturated rings. The van der Waals surface area contributed by atoms with Gasteiger partial charge in [0.2, 0.25) is 5.91 Å². The zero-order valence-corrected chi connectivity index (χ0v) is 15.9. The molecule has 1 saturated heterocycles. The summed E-state index contributed by atoms with van der Waals surface area (Å²) in [5.41, 5.74) is 2.95. The highest BCUT2D eigenvalue weighted by molar-refractivity contribution is 5.97. The van der Waals surface area contributed by atoms with Crippen LogP contribution in [-0.4, -0.2) is 36.1 Å². The second-order valence-electron chi connectivity index (χ2n) is 7.25. The van der Waals surface area contributed by atoms with Crippen molar-refractivity contribution in [3.63, 3.8) is 0 Å². The van der Waals surface area contributed by atoms with E-state index in [2.05, 4.69) is 5.32 Å². The van der Waals surface area contributed by atoms with E-state index in [1.807, 2.05) is 68.4 Å². The van der Waals surface area contributed by atoms with Crippen molar-refractivity contribution in [2.24, 2.45) is 5.92 Å². The second kappa shape index (κ2) is 8.71. The van der Waals surface area contributed by atoms with E-state index in [9.17, 15) is 9.59 Å². The summed E-state index contributed by atoms with van der Waals surface area (Å²) in [7, 11) is 0. The zero-order chi connectivity index (χ0) is 19.2. The van der Waals surface area contributed by atoms with Gasteiger partial charge in [0.1, 0.15) is 6.04 Å². The van der Waals surface area contributed by atoms with E-state index in [0.717, 1.165) is 23.2 Å². The van der Waals surface area contributed by atoms with Crippen LogP contribution >= 0.6 is 0 Å². The van der Waals surface area contributed by atoms with Crippen molar-refractivity contribution in [2.45, 2.75) is 32.7 Å². The minimum Gasteiger partial charge on any atom is -0.449 e. The molecule has 1 aliphatic heterocycles. The van der Waals surface area contributed by atoms with E-state index in [4.69, 9.17) is 4.74 Å². The number of nitrogens with zero attached hydrogens (tertiary/aromatic N) is 1. The zero-order valence-electron chi connectivity index (χ0n) is 15.9. The summed E-state index contributed by atoms with van der Waals surface area (Å²) >= 11 is 0. The van der Waals surface area contributed by atoms with Crippen LogP contribution in [0.1, 0.15) is 26.7 Å². The lowest BCUT2D eigenvalue weighted by Gasteiger charge is -2.23. The van der Waals surface area contributed by atoms with Crippen molar-refractivity contribution < 1.29 is 14.3 Å². The Bertz CT molecular complexity index is 772. The molecular weight excluding hydrogens is 340 g/mol. The van der Waals surface area contributed by atoms with Crippen molar-refractivity contribution in [2.75, 3.05) is 18.5 Å². The lowest BCUT2D eigenvalue weighted by molar-refractivity contribution is -0.120. The molecule has 1 atom stereocenters. The van der Waals surface area contributed by atoms with Gasteiger partial charge < -0.3 is 10.1 Å².